The first-order valence-corrected chi connectivity index (χ1v) is 5.25. The highest BCUT2D eigenvalue weighted by atomic mass is 16.6. The van der Waals surface area contributed by atoms with Crippen molar-refractivity contribution in [2.24, 2.45) is 5.92 Å². The molecule has 4 nitrogen and oxygen atoms in total. The molecule has 0 aromatic carbocycles. The smallest absolute Gasteiger partial charge is 0.410 e. The van der Waals surface area contributed by atoms with Gasteiger partial charge in [0.25, 0.3) is 0 Å². The van der Waals surface area contributed by atoms with Gasteiger partial charge in [-0.15, -0.1) is 0 Å². The number of carbonyl (C=O) groups is 1. The number of nitrogens with zero attached hydrogens (tertiary/aromatic N) is 1. The zero-order chi connectivity index (χ0) is 10.6. The number of amides is 1. The van der Waals surface area contributed by atoms with Crippen LogP contribution in [0, 0.1) is 5.92 Å². The molecule has 1 fully saturated rings. The molecule has 1 rings (SSSR count). The van der Waals surface area contributed by atoms with Crippen LogP contribution >= 0.6 is 0 Å². The molecule has 82 valence electrons. The second-order valence-electron chi connectivity index (χ2n) is 4.22. The van der Waals surface area contributed by atoms with E-state index < -0.39 is 0 Å². The largest absolute Gasteiger partial charge is 0.449 e. The van der Waals surface area contributed by atoms with Gasteiger partial charge in [-0.25, -0.2) is 4.79 Å². The van der Waals surface area contributed by atoms with Crippen molar-refractivity contribution in [3.63, 3.8) is 0 Å². The summed E-state index contributed by atoms with van der Waals surface area (Å²) in [7, 11) is 0. The van der Waals surface area contributed by atoms with Crippen molar-refractivity contribution < 1.29 is 9.53 Å². The topological polar surface area (TPSA) is 41.6 Å². The number of piperazine rings is 1. The molecule has 4 heteroatoms. The molecule has 0 aromatic rings. The molecule has 1 saturated heterocycles. The van der Waals surface area contributed by atoms with E-state index in [1.807, 2.05) is 20.8 Å². The average molecular weight is 200 g/mol. The van der Waals surface area contributed by atoms with Gasteiger partial charge in [0.1, 0.15) is 0 Å². The van der Waals surface area contributed by atoms with Crippen LogP contribution in [0.25, 0.3) is 0 Å². The molecular weight excluding hydrogens is 180 g/mol. The first kappa shape index (κ1) is 11.3. The fourth-order valence-corrected chi connectivity index (χ4v) is 1.43. The van der Waals surface area contributed by atoms with E-state index in [1.54, 1.807) is 4.90 Å². The predicted octanol–water partition coefficient (Wildman–Crippen LogP) is 1.07. The van der Waals surface area contributed by atoms with Gasteiger partial charge >= 0.3 is 6.09 Å². The molecule has 1 amide bonds. The van der Waals surface area contributed by atoms with Crippen LogP contribution in [0.3, 0.4) is 0 Å². The number of hydrogen-bond donors (Lipinski definition) is 1. The predicted molar refractivity (Wildman–Crippen MR) is 55.2 cm³/mol. The molecule has 0 saturated carbocycles. The Morgan fingerprint density at radius 1 is 1.64 bits per heavy atom. The first-order chi connectivity index (χ1) is 6.61. The molecule has 0 aliphatic carbocycles. The normalized spacial score (nSPS) is 22.6. The lowest BCUT2D eigenvalue weighted by Gasteiger charge is -2.33. The van der Waals surface area contributed by atoms with Crippen LogP contribution in [0.1, 0.15) is 20.8 Å². The van der Waals surface area contributed by atoms with Crippen molar-refractivity contribution in [3.05, 3.63) is 0 Å². The number of hydrogen-bond acceptors (Lipinski definition) is 3. The lowest BCUT2D eigenvalue weighted by Crippen LogP contribution is -2.52. The zero-order valence-corrected chi connectivity index (χ0v) is 9.25. The minimum Gasteiger partial charge on any atom is -0.449 e. The average Bonchev–Trinajstić information content (AvgIpc) is 2.15. The Morgan fingerprint density at radius 2 is 2.36 bits per heavy atom. The monoisotopic (exact) mass is 200 g/mol. The van der Waals surface area contributed by atoms with Crippen LogP contribution in [0.2, 0.25) is 0 Å². The number of nitrogens with one attached hydrogen (secondary N) is 1. The standard InChI is InChI=1S/C10H20N2O2/c1-8(2)7-14-10(13)12-5-4-11-6-9(12)3/h8-9,11H,4-7H2,1-3H3/t9-/m0/s1. The Morgan fingerprint density at radius 3 is 2.93 bits per heavy atom. The van der Waals surface area contributed by atoms with Gasteiger partial charge in [-0.2, -0.15) is 0 Å². The van der Waals surface area contributed by atoms with Gasteiger partial charge in [0.2, 0.25) is 0 Å². The molecule has 1 N–H and O–H groups in total. The lowest BCUT2D eigenvalue weighted by molar-refractivity contribution is 0.0729. The van der Waals surface area contributed by atoms with Gasteiger partial charge in [0.05, 0.1) is 6.61 Å². The molecular formula is C10H20N2O2. The second-order valence-corrected chi connectivity index (χ2v) is 4.22. The maximum absolute atomic E-state index is 11.6. The molecule has 1 aliphatic heterocycles. The Labute approximate surface area is 85.6 Å². The van der Waals surface area contributed by atoms with E-state index >= 15 is 0 Å². The number of ether oxygens (including phenoxy) is 1. The maximum Gasteiger partial charge on any atom is 0.410 e. The highest BCUT2D eigenvalue weighted by Gasteiger charge is 2.23. The Kier molecular flexibility index (Phi) is 4.20. The third kappa shape index (κ3) is 3.18. The van der Waals surface area contributed by atoms with Gasteiger partial charge in [-0.05, 0) is 12.8 Å². The lowest BCUT2D eigenvalue weighted by atomic mass is 10.2. The van der Waals surface area contributed by atoms with Gasteiger partial charge in [0.15, 0.2) is 0 Å². The summed E-state index contributed by atoms with van der Waals surface area (Å²) in [5.74, 6) is 0.400. The molecule has 0 spiro atoms. The Balaban J connectivity index is 2.34. The minimum absolute atomic E-state index is 0.173. The van der Waals surface area contributed by atoms with Crippen LogP contribution in [0.4, 0.5) is 4.79 Å². The van der Waals surface area contributed by atoms with Crippen molar-refractivity contribution in [1.29, 1.82) is 0 Å². The van der Waals surface area contributed by atoms with E-state index in [0.29, 0.717) is 12.5 Å². The van der Waals surface area contributed by atoms with Crippen molar-refractivity contribution in [2.75, 3.05) is 26.2 Å². The van der Waals surface area contributed by atoms with Crippen LogP contribution < -0.4 is 5.32 Å². The summed E-state index contributed by atoms with van der Waals surface area (Å²) in [6.45, 7) is 9.08. The van der Waals surface area contributed by atoms with Crippen molar-refractivity contribution in [1.82, 2.24) is 10.2 Å². The third-order valence-corrected chi connectivity index (χ3v) is 2.28. The van der Waals surface area contributed by atoms with E-state index in [1.165, 1.54) is 0 Å². The van der Waals surface area contributed by atoms with E-state index in [0.717, 1.165) is 19.6 Å². The summed E-state index contributed by atoms with van der Waals surface area (Å²) in [5, 5.41) is 3.23. The highest BCUT2D eigenvalue weighted by Crippen LogP contribution is 2.05. The molecule has 0 aromatic heterocycles. The molecule has 1 aliphatic rings. The van der Waals surface area contributed by atoms with Gasteiger partial charge in [-0.3, -0.25) is 0 Å². The van der Waals surface area contributed by atoms with Crippen LogP contribution in [0.15, 0.2) is 0 Å². The summed E-state index contributed by atoms with van der Waals surface area (Å²) in [5.41, 5.74) is 0. The van der Waals surface area contributed by atoms with Crippen molar-refractivity contribution >= 4 is 6.09 Å². The van der Waals surface area contributed by atoms with Crippen LogP contribution in [-0.2, 0) is 4.74 Å². The molecule has 0 bridgehead atoms. The molecule has 14 heavy (non-hydrogen) atoms. The van der Waals surface area contributed by atoms with E-state index in [2.05, 4.69) is 5.32 Å². The third-order valence-electron chi connectivity index (χ3n) is 2.28. The Bertz CT molecular complexity index is 195. The van der Waals surface area contributed by atoms with Gasteiger partial charge < -0.3 is 15.0 Å². The Hall–Kier alpha value is -0.770. The molecule has 1 heterocycles. The van der Waals surface area contributed by atoms with E-state index in [-0.39, 0.29) is 12.1 Å². The van der Waals surface area contributed by atoms with Crippen LogP contribution in [-0.4, -0.2) is 43.3 Å². The summed E-state index contributed by atoms with van der Waals surface area (Å²) in [4.78, 5) is 13.4. The van der Waals surface area contributed by atoms with Gasteiger partial charge in [0, 0.05) is 25.7 Å². The zero-order valence-electron chi connectivity index (χ0n) is 9.25. The molecule has 0 radical (unpaired) electrons. The summed E-state index contributed by atoms with van der Waals surface area (Å²) < 4.78 is 5.17. The molecule has 1 atom stereocenters. The van der Waals surface area contributed by atoms with Crippen molar-refractivity contribution in [2.45, 2.75) is 26.8 Å². The van der Waals surface area contributed by atoms with Crippen LogP contribution in [0.5, 0.6) is 0 Å². The second kappa shape index (κ2) is 5.20. The SMILES string of the molecule is CC(C)COC(=O)N1CCNC[C@@H]1C. The molecule has 0 unspecified atom stereocenters. The first-order valence-electron chi connectivity index (χ1n) is 5.25. The summed E-state index contributed by atoms with van der Waals surface area (Å²) >= 11 is 0. The van der Waals surface area contributed by atoms with Gasteiger partial charge in [-0.1, -0.05) is 13.8 Å². The van der Waals surface area contributed by atoms with E-state index in [4.69, 9.17) is 4.74 Å². The fraction of sp³-hybridized carbons (Fsp3) is 0.900. The number of rotatable bonds is 2. The summed E-state index contributed by atoms with van der Waals surface area (Å²) in [6, 6.07) is 0.239. The van der Waals surface area contributed by atoms with E-state index in [9.17, 15) is 4.79 Å². The summed E-state index contributed by atoms with van der Waals surface area (Å²) in [6.07, 6.45) is -0.173. The maximum atomic E-state index is 11.6. The van der Waals surface area contributed by atoms with Crippen molar-refractivity contribution in [3.8, 4) is 0 Å². The minimum atomic E-state index is -0.173. The number of carbonyl (C=O) groups excluding carboxylic acids is 1. The fourth-order valence-electron chi connectivity index (χ4n) is 1.43. The highest BCUT2D eigenvalue weighted by molar-refractivity contribution is 5.68. The quantitative estimate of drug-likeness (QED) is 0.725.